The summed E-state index contributed by atoms with van der Waals surface area (Å²) < 4.78 is 6.45. The van der Waals surface area contributed by atoms with Gasteiger partial charge in [0.05, 0.1) is 5.60 Å². The first-order valence-electron chi connectivity index (χ1n) is 5.70. The molecule has 0 aliphatic heterocycles. The Morgan fingerprint density at radius 1 is 1.50 bits per heavy atom. The second-order valence-corrected chi connectivity index (χ2v) is 5.58. The average molecular weight is 312 g/mol. The number of ether oxygens (including phenoxy) is 1. The van der Waals surface area contributed by atoms with Crippen LogP contribution in [0.5, 0.6) is 5.75 Å². The second-order valence-electron chi connectivity index (χ2n) is 4.66. The predicted molar refractivity (Wildman–Crippen MR) is 76.5 cm³/mol. The number of hydrogen-bond donors (Lipinski definition) is 2. The molecular weight excluding hydrogens is 294 g/mol. The van der Waals surface area contributed by atoms with Gasteiger partial charge in [-0.05, 0) is 32.0 Å². The van der Waals surface area contributed by atoms with Crippen molar-refractivity contribution in [1.29, 1.82) is 0 Å². The summed E-state index contributed by atoms with van der Waals surface area (Å²) in [6.45, 7) is 4.89. The molecule has 98 valence electrons. The van der Waals surface area contributed by atoms with Crippen LogP contribution in [0.1, 0.15) is 19.4 Å². The third-order valence-corrected chi connectivity index (χ3v) is 2.70. The molecule has 1 rings (SSSR count). The maximum atomic E-state index is 9.63. The highest BCUT2D eigenvalue weighted by Gasteiger charge is 2.12. The van der Waals surface area contributed by atoms with Crippen LogP contribution in [0.15, 0.2) is 22.7 Å². The van der Waals surface area contributed by atoms with Crippen molar-refractivity contribution in [3.8, 4) is 18.1 Å². The summed E-state index contributed by atoms with van der Waals surface area (Å²) in [7, 11) is 0. The summed E-state index contributed by atoms with van der Waals surface area (Å²) in [6.07, 6.45) is 5.18. The highest BCUT2D eigenvalue weighted by molar-refractivity contribution is 9.10. The van der Waals surface area contributed by atoms with E-state index in [1.165, 1.54) is 0 Å². The van der Waals surface area contributed by atoms with E-state index in [0.717, 1.165) is 15.8 Å². The molecule has 0 atom stereocenters. The number of benzene rings is 1. The van der Waals surface area contributed by atoms with Crippen molar-refractivity contribution in [2.75, 3.05) is 13.2 Å². The molecule has 0 aliphatic rings. The molecule has 0 aromatic heterocycles. The van der Waals surface area contributed by atoms with Crippen molar-refractivity contribution in [2.24, 2.45) is 0 Å². The Morgan fingerprint density at radius 3 is 2.83 bits per heavy atom. The van der Waals surface area contributed by atoms with Crippen LogP contribution in [0, 0.1) is 12.3 Å². The maximum absolute atomic E-state index is 9.63. The van der Waals surface area contributed by atoms with E-state index in [1.54, 1.807) is 13.8 Å². The van der Waals surface area contributed by atoms with Gasteiger partial charge in [0.15, 0.2) is 0 Å². The zero-order valence-electron chi connectivity index (χ0n) is 10.7. The van der Waals surface area contributed by atoms with E-state index in [2.05, 4.69) is 27.2 Å². The fourth-order valence-corrected chi connectivity index (χ4v) is 1.86. The van der Waals surface area contributed by atoms with Crippen LogP contribution >= 0.6 is 15.9 Å². The normalized spacial score (nSPS) is 11.1. The van der Waals surface area contributed by atoms with Gasteiger partial charge in [-0.2, -0.15) is 0 Å². The molecule has 0 saturated heterocycles. The Labute approximate surface area is 117 Å². The summed E-state index contributed by atoms with van der Waals surface area (Å²) >= 11 is 3.42. The molecule has 0 spiro atoms. The first kappa shape index (κ1) is 15.0. The number of nitrogens with one attached hydrogen (secondary N) is 1. The Kier molecular flexibility index (Phi) is 5.67. The van der Waals surface area contributed by atoms with Gasteiger partial charge in [0.25, 0.3) is 0 Å². The molecule has 0 unspecified atom stereocenters. The molecule has 2 N–H and O–H groups in total. The van der Waals surface area contributed by atoms with Crippen LogP contribution in [-0.4, -0.2) is 23.9 Å². The monoisotopic (exact) mass is 311 g/mol. The van der Waals surface area contributed by atoms with Crippen LogP contribution in [-0.2, 0) is 6.54 Å². The number of terminal acetylenes is 1. The summed E-state index contributed by atoms with van der Waals surface area (Å²) in [4.78, 5) is 0. The fraction of sp³-hybridized carbons (Fsp3) is 0.429. The molecular formula is C14H18BrNO2. The Hall–Kier alpha value is -1.02. The molecule has 4 heteroatoms. The summed E-state index contributed by atoms with van der Waals surface area (Å²) in [5.74, 6) is 3.21. The lowest BCUT2D eigenvalue weighted by atomic mass is 10.1. The van der Waals surface area contributed by atoms with Crippen LogP contribution in [0.3, 0.4) is 0 Å². The van der Waals surface area contributed by atoms with E-state index in [9.17, 15) is 5.11 Å². The molecule has 0 amide bonds. The second kappa shape index (κ2) is 6.79. The number of halogens is 1. The van der Waals surface area contributed by atoms with E-state index in [-0.39, 0.29) is 6.61 Å². The van der Waals surface area contributed by atoms with Gasteiger partial charge < -0.3 is 15.2 Å². The molecule has 18 heavy (non-hydrogen) atoms. The zero-order valence-corrected chi connectivity index (χ0v) is 12.3. The van der Waals surface area contributed by atoms with Gasteiger partial charge in [-0.3, -0.25) is 0 Å². The van der Waals surface area contributed by atoms with Crippen molar-refractivity contribution < 1.29 is 9.84 Å². The fourth-order valence-electron chi connectivity index (χ4n) is 1.45. The minimum Gasteiger partial charge on any atom is -0.481 e. The van der Waals surface area contributed by atoms with Gasteiger partial charge in [0.1, 0.15) is 12.4 Å². The van der Waals surface area contributed by atoms with Gasteiger partial charge in [-0.25, -0.2) is 0 Å². The Bertz CT molecular complexity index is 432. The van der Waals surface area contributed by atoms with Crippen LogP contribution in [0.25, 0.3) is 0 Å². The highest BCUT2D eigenvalue weighted by atomic mass is 79.9. The Morgan fingerprint density at radius 2 is 2.22 bits per heavy atom. The summed E-state index contributed by atoms with van der Waals surface area (Å²) in [5, 5.41) is 12.8. The van der Waals surface area contributed by atoms with Crippen LogP contribution < -0.4 is 10.1 Å². The Balaban J connectivity index is 2.67. The van der Waals surface area contributed by atoms with Gasteiger partial charge in [0.2, 0.25) is 0 Å². The topological polar surface area (TPSA) is 41.5 Å². The van der Waals surface area contributed by atoms with Gasteiger partial charge >= 0.3 is 0 Å². The van der Waals surface area contributed by atoms with Gasteiger partial charge in [-0.15, -0.1) is 6.42 Å². The van der Waals surface area contributed by atoms with E-state index in [0.29, 0.717) is 13.1 Å². The van der Waals surface area contributed by atoms with E-state index < -0.39 is 5.60 Å². The van der Waals surface area contributed by atoms with Gasteiger partial charge in [0, 0.05) is 23.1 Å². The summed E-state index contributed by atoms with van der Waals surface area (Å²) in [6, 6.07) is 5.76. The third-order valence-electron chi connectivity index (χ3n) is 2.21. The molecule has 0 aliphatic carbocycles. The molecule has 0 saturated carbocycles. The molecule has 0 radical (unpaired) electrons. The largest absolute Gasteiger partial charge is 0.481 e. The van der Waals surface area contributed by atoms with Crippen LogP contribution in [0.4, 0.5) is 0 Å². The number of hydrogen-bond acceptors (Lipinski definition) is 3. The lowest BCUT2D eigenvalue weighted by Crippen LogP contribution is -2.34. The average Bonchev–Trinajstić information content (AvgIpc) is 2.26. The first-order valence-corrected chi connectivity index (χ1v) is 6.49. The molecule has 0 heterocycles. The smallest absolute Gasteiger partial charge is 0.148 e. The third kappa shape index (κ3) is 5.54. The maximum Gasteiger partial charge on any atom is 0.148 e. The van der Waals surface area contributed by atoms with Crippen molar-refractivity contribution in [1.82, 2.24) is 5.32 Å². The molecule has 1 aromatic rings. The minimum absolute atomic E-state index is 0.250. The summed E-state index contributed by atoms with van der Waals surface area (Å²) in [5.41, 5.74) is 0.273. The number of rotatable bonds is 6. The molecule has 3 nitrogen and oxygen atoms in total. The van der Waals surface area contributed by atoms with Crippen molar-refractivity contribution in [2.45, 2.75) is 26.0 Å². The first-order chi connectivity index (χ1) is 8.42. The van der Waals surface area contributed by atoms with Crippen molar-refractivity contribution >= 4 is 15.9 Å². The minimum atomic E-state index is -0.730. The number of aliphatic hydroxyl groups is 1. The highest BCUT2D eigenvalue weighted by Crippen LogP contribution is 2.23. The SMILES string of the molecule is C#CCOc1ccc(Br)cc1CNCC(C)(C)O. The lowest BCUT2D eigenvalue weighted by molar-refractivity contribution is 0.0794. The molecule has 1 aromatic carbocycles. The quantitative estimate of drug-likeness (QED) is 0.792. The lowest BCUT2D eigenvalue weighted by Gasteiger charge is -2.18. The predicted octanol–water partition coefficient (Wildman–Crippen LogP) is 2.32. The van der Waals surface area contributed by atoms with E-state index in [1.807, 2.05) is 18.2 Å². The van der Waals surface area contributed by atoms with Crippen LogP contribution in [0.2, 0.25) is 0 Å². The van der Waals surface area contributed by atoms with Crippen molar-refractivity contribution in [3.63, 3.8) is 0 Å². The molecule has 0 fully saturated rings. The van der Waals surface area contributed by atoms with E-state index in [4.69, 9.17) is 11.2 Å². The molecule has 0 bridgehead atoms. The zero-order chi connectivity index (χ0) is 13.6. The van der Waals surface area contributed by atoms with Crippen molar-refractivity contribution in [3.05, 3.63) is 28.2 Å². The van der Waals surface area contributed by atoms with Gasteiger partial charge in [-0.1, -0.05) is 21.9 Å². The van der Waals surface area contributed by atoms with E-state index >= 15 is 0 Å². The standard InChI is InChI=1S/C14H18BrNO2/c1-4-7-18-13-6-5-12(15)8-11(13)9-16-10-14(2,3)17/h1,5-6,8,16-17H,7,9-10H2,2-3H3.